The van der Waals surface area contributed by atoms with Crippen molar-refractivity contribution >= 4 is 6.09 Å². The number of ether oxygens (including phenoxy) is 1. The summed E-state index contributed by atoms with van der Waals surface area (Å²) in [7, 11) is 1.65. The lowest BCUT2D eigenvalue weighted by Crippen LogP contribution is -2.54. The molecule has 0 heterocycles. The molecular weight excluding hydrogens is 254 g/mol. The Hall–Kier alpha value is -1.71. The molecule has 0 saturated heterocycles. The van der Waals surface area contributed by atoms with E-state index in [-0.39, 0.29) is 0 Å². The van der Waals surface area contributed by atoms with Crippen LogP contribution in [0.4, 0.5) is 4.79 Å². The number of fused-ring (bicyclic) bond motifs is 3. The molecule has 0 aliphatic heterocycles. The molecule has 0 unspecified atom stereocenters. The predicted octanol–water partition coefficient (Wildman–Crippen LogP) is 3.29. The van der Waals surface area contributed by atoms with E-state index in [1.165, 1.54) is 12.0 Å². The number of rotatable bonds is 2. The van der Waals surface area contributed by atoms with Crippen molar-refractivity contribution in [1.82, 2.24) is 5.32 Å². The van der Waals surface area contributed by atoms with Gasteiger partial charge < -0.3 is 15.2 Å². The highest BCUT2D eigenvalue weighted by atomic mass is 16.5. The maximum Gasteiger partial charge on any atom is 0.405 e. The fourth-order valence-corrected chi connectivity index (χ4v) is 4.06. The first-order valence-corrected chi connectivity index (χ1v) is 7.34. The third-order valence-corrected chi connectivity index (χ3v) is 4.96. The molecule has 1 saturated carbocycles. The quantitative estimate of drug-likeness (QED) is 0.870. The number of methoxy groups -OCH3 is 1. The molecule has 108 valence electrons. The van der Waals surface area contributed by atoms with E-state index in [0.29, 0.717) is 5.92 Å². The van der Waals surface area contributed by atoms with Crippen LogP contribution in [0.5, 0.6) is 5.75 Å². The van der Waals surface area contributed by atoms with E-state index < -0.39 is 11.6 Å². The summed E-state index contributed by atoms with van der Waals surface area (Å²) in [5.74, 6) is 1.22. The average molecular weight is 275 g/mol. The van der Waals surface area contributed by atoms with E-state index >= 15 is 0 Å². The van der Waals surface area contributed by atoms with Crippen LogP contribution in [-0.4, -0.2) is 18.3 Å². The monoisotopic (exact) mass is 275 g/mol. The highest BCUT2D eigenvalue weighted by molar-refractivity contribution is 5.67. The topological polar surface area (TPSA) is 58.6 Å². The molecule has 0 aromatic heterocycles. The van der Waals surface area contributed by atoms with E-state index in [0.717, 1.165) is 43.4 Å². The van der Waals surface area contributed by atoms with Gasteiger partial charge in [0, 0.05) is 0 Å². The number of nitrogens with one attached hydrogen (secondary N) is 1. The zero-order chi connectivity index (χ0) is 14.2. The molecule has 2 aliphatic rings. The Kier molecular flexibility index (Phi) is 3.32. The maximum atomic E-state index is 11.3. The van der Waals surface area contributed by atoms with E-state index in [1.54, 1.807) is 7.11 Å². The van der Waals surface area contributed by atoms with Crippen molar-refractivity contribution in [3.8, 4) is 5.75 Å². The summed E-state index contributed by atoms with van der Waals surface area (Å²) in [5.41, 5.74) is 1.99. The van der Waals surface area contributed by atoms with Gasteiger partial charge in [-0.25, -0.2) is 4.79 Å². The highest BCUT2D eigenvalue weighted by Crippen LogP contribution is 2.49. The van der Waals surface area contributed by atoms with Crippen LogP contribution in [0.15, 0.2) is 18.2 Å². The van der Waals surface area contributed by atoms with Crippen molar-refractivity contribution in [1.29, 1.82) is 0 Å². The Morgan fingerprint density at radius 2 is 2.25 bits per heavy atom. The standard InChI is InChI=1S/C16H21NO3/c1-20-13-8-6-11-5-7-12-4-2-3-9-16(12,14(11)10-13)17-15(18)19/h6,8,10,12,17H,2-5,7,9H2,1H3,(H,18,19)/t12-,16+/m0/s1. The molecule has 1 amide bonds. The normalized spacial score (nSPS) is 28.1. The summed E-state index contributed by atoms with van der Waals surface area (Å²) in [4.78, 5) is 11.3. The van der Waals surface area contributed by atoms with Gasteiger partial charge in [-0.1, -0.05) is 18.9 Å². The Balaban J connectivity index is 2.11. The molecule has 3 rings (SSSR count). The van der Waals surface area contributed by atoms with Gasteiger partial charge in [0.05, 0.1) is 12.6 Å². The molecule has 4 heteroatoms. The average Bonchev–Trinajstić information content (AvgIpc) is 2.46. The van der Waals surface area contributed by atoms with Crippen LogP contribution in [0.1, 0.15) is 43.2 Å². The summed E-state index contributed by atoms with van der Waals surface area (Å²) in [6.07, 6.45) is 5.46. The number of hydrogen-bond donors (Lipinski definition) is 2. The van der Waals surface area contributed by atoms with E-state index in [9.17, 15) is 9.90 Å². The summed E-state index contributed by atoms with van der Waals surface area (Å²) < 4.78 is 5.33. The fraction of sp³-hybridized carbons (Fsp3) is 0.562. The molecule has 1 aromatic carbocycles. The van der Waals surface area contributed by atoms with Crippen molar-refractivity contribution in [2.24, 2.45) is 5.92 Å². The van der Waals surface area contributed by atoms with Gasteiger partial charge in [0.25, 0.3) is 0 Å². The Morgan fingerprint density at radius 3 is 3.00 bits per heavy atom. The second-order valence-electron chi connectivity index (χ2n) is 5.91. The van der Waals surface area contributed by atoms with Gasteiger partial charge in [-0.3, -0.25) is 0 Å². The summed E-state index contributed by atoms with van der Waals surface area (Å²) in [6.45, 7) is 0. The van der Waals surface area contributed by atoms with Gasteiger partial charge in [0.1, 0.15) is 5.75 Å². The Labute approximate surface area is 119 Å². The molecule has 1 fully saturated rings. The molecule has 0 spiro atoms. The third kappa shape index (κ3) is 2.03. The van der Waals surface area contributed by atoms with E-state index in [4.69, 9.17) is 4.74 Å². The number of carbonyl (C=O) groups is 1. The number of amides is 1. The van der Waals surface area contributed by atoms with Gasteiger partial charge >= 0.3 is 6.09 Å². The van der Waals surface area contributed by atoms with Gasteiger partial charge in [0.15, 0.2) is 0 Å². The number of aryl methyl sites for hydroxylation is 1. The first-order chi connectivity index (χ1) is 9.65. The number of benzene rings is 1. The van der Waals surface area contributed by atoms with Crippen LogP contribution in [0.2, 0.25) is 0 Å². The van der Waals surface area contributed by atoms with Crippen molar-refractivity contribution in [2.75, 3.05) is 7.11 Å². The lowest BCUT2D eigenvalue weighted by molar-refractivity contribution is 0.107. The van der Waals surface area contributed by atoms with E-state index in [2.05, 4.69) is 11.4 Å². The lowest BCUT2D eigenvalue weighted by atomic mass is 9.62. The largest absolute Gasteiger partial charge is 0.497 e. The molecule has 2 N–H and O–H groups in total. The molecular formula is C16H21NO3. The minimum Gasteiger partial charge on any atom is -0.497 e. The summed E-state index contributed by atoms with van der Waals surface area (Å²) in [5, 5.41) is 12.2. The molecule has 2 aliphatic carbocycles. The van der Waals surface area contributed by atoms with Crippen LogP contribution in [0.25, 0.3) is 0 Å². The Bertz CT molecular complexity index is 528. The Morgan fingerprint density at radius 1 is 1.40 bits per heavy atom. The third-order valence-electron chi connectivity index (χ3n) is 4.96. The second kappa shape index (κ2) is 5.00. The predicted molar refractivity (Wildman–Crippen MR) is 76.1 cm³/mol. The van der Waals surface area contributed by atoms with Crippen molar-refractivity contribution in [2.45, 2.75) is 44.1 Å². The molecule has 0 radical (unpaired) electrons. The van der Waals surface area contributed by atoms with Crippen molar-refractivity contribution in [3.05, 3.63) is 29.3 Å². The smallest absolute Gasteiger partial charge is 0.405 e. The van der Waals surface area contributed by atoms with E-state index in [1.807, 2.05) is 12.1 Å². The van der Waals surface area contributed by atoms with Gasteiger partial charge in [0.2, 0.25) is 0 Å². The number of hydrogen-bond acceptors (Lipinski definition) is 2. The van der Waals surface area contributed by atoms with Crippen LogP contribution in [0, 0.1) is 5.92 Å². The van der Waals surface area contributed by atoms with Gasteiger partial charge in [-0.2, -0.15) is 0 Å². The van der Waals surface area contributed by atoms with Crippen LogP contribution in [0.3, 0.4) is 0 Å². The van der Waals surface area contributed by atoms with Gasteiger partial charge in [-0.15, -0.1) is 0 Å². The van der Waals surface area contributed by atoms with Gasteiger partial charge in [-0.05, 0) is 54.9 Å². The summed E-state index contributed by atoms with van der Waals surface area (Å²) in [6, 6.07) is 6.09. The van der Waals surface area contributed by atoms with Crippen molar-refractivity contribution < 1.29 is 14.6 Å². The zero-order valence-electron chi connectivity index (χ0n) is 11.8. The van der Waals surface area contributed by atoms with Crippen LogP contribution in [-0.2, 0) is 12.0 Å². The minimum absolute atomic E-state index is 0.409. The van der Waals surface area contributed by atoms with Crippen LogP contribution >= 0.6 is 0 Å². The summed E-state index contributed by atoms with van der Waals surface area (Å²) >= 11 is 0. The molecule has 1 aromatic rings. The van der Waals surface area contributed by atoms with Crippen LogP contribution < -0.4 is 10.1 Å². The zero-order valence-corrected chi connectivity index (χ0v) is 11.8. The first kappa shape index (κ1) is 13.3. The highest BCUT2D eigenvalue weighted by Gasteiger charge is 2.46. The maximum absolute atomic E-state index is 11.3. The SMILES string of the molecule is COc1ccc2c(c1)[C@@]1(NC(=O)O)CCCC[C@H]1CC2. The second-order valence-corrected chi connectivity index (χ2v) is 5.91. The number of carboxylic acid groups (broad SMARTS) is 1. The molecule has 20 heavy (non-hydrogen) atoms. The lowest BCUT2D eigenvalue weighted by Gasteiger charge is -2.48. The molecule has 0 bridgehead atoms. The van der Waals surface area contributed by atoms with Crippen molar-refractivity contribution in [3.63, 3.8) is 0 Å². The minimum atomic E-state index is -0.924. The first-order valence-electron chi connectivity index (χ1n) is 7.34. The molecule has 2 atom stereocenters. The fourth-order valence-electron chi connectivity index (χ4n) is 4.06. The molecule has 4 nitrogen and oxygen atoms in total.